The van der Waals surface area contributed by atoms with Crippen molar-refractivity contribution in [3.8, 4) is 5.75 Å². The summed E-state index contributed by atoms with van der Waals surface area (Å²) < 4.78 is 41.0. The second-order valence-electron chi connectivity index (χ2n) is 6.88. The van der Waals surface area contributed by atoms with Gasteiger partial charge in [-0.25, -0.2) is 0 Å². The third-order valence-corrected chi connectivity index (χ3v) is 4.23. The maximum Gasteiger partial charge on any atom is 0.573 e. The van der Waals surface area contributed by atoms with E-state index in [1.54, 1.807) is 12.1 Å². The number of aromatic nitrogens is 2. The molecule has 152 valence electrons. The van der Waals surface area contributed by atoms with E-state index < -0.39 is 6.36 Å². The number of pyridine rings is 2. The van der Waals surface area contributed by atoms with Crippen molar-refractivity contribution < 1.29 is 17.9 Å². The third-order valence-electron chi connectivity index (χ3n) is 4.23. The molecule has 0 aliphatic rings. The van der Waals surface area contributed by atoms with Crippen LogP contribution >= 0.6 is 0 Å². The van der Waals surface area contributed by atoms with E-state index in [2.05, 4.69) is 19.6 Å². The van der Waals surface area contributed by atoms with Crippen LogP contribution in [0.15, 0.2) is 60.7 Å². The summed E-state index contributed by atoms with van der Waals surface area (Å²) in [6.07, 6.45) is -4.69. The third kappa shape index (κ3) is 6.87. The van der Waals surface area contributed by atoms with Crippen LogP contribution in [0.2, 0.25) is 0 Å². The van der Waals surface area contributed by atoms with Gasteiger partial charge in [0.2, 0.25) is 0 Å². The number of hydrogen-bond acceptors (Lipinski definition) is 4. The average Bonchev–Trinajstić information content (AvgIpc) is 2.62. The number of hydrogen-bond donors (Lipinski definition) is 0. The topological polar surface area (TPSA) is 38.2 Å². The Hall–Kier alpha value is -2.93. The molecule has 0 radical (unpaired) electrons. The molecule has 2 heterocycles. The Balaban J connectivity index is 1.76. The van der Waals surface area contributed by atoms with Crippen molar-refractivity contribution in [3.63, 3.8) is 0 Å². The van der Waals surface area contributed by atoms with Crippen molar-refractivity contribution in [1.82, 2.24) is 14.9 Å². The molecule has 0 saturated carbocycles. The molecule has 1 aromatic carbocycles. The highest BCUT2D eigenvalue weighted by molar-refractivity contribution is 5.27. The van der Waals surface area contributed by atoms with Gasteiger partial charge >= 0.3 is 6.36 Å². The molecule has 29 heavy (non-hydrogen) atoms. The monoisotopic (exact) mass is 401 g/mol. The van der Waals surface area contributed by atoms with Gasteiger partial charge in [0.05, 0.1) is 11.4 Å². The Morgan fingerprint density at radius 1 is 0.759 bits per heavy atom. The van der Waals surface area contributed by atoms with Crippen LogP contribution < -0.4 is 4.74 Å². The molecule has 0 N–H and O–H groups in total. The lowest BCUT2D eigenvalue weighted by atomic mass is 10.2. The summed E-state index contributed by atoms with van der Waals surface area (Å²) in [6, 6.07) is 17.7. The van der Waals surface area contributed by atoms with Gasteiger partial charge in [0.15, 0.2) is 0 Å². The minimum atomic E-state index is -4.69. The summed E-state index contributed by atoms with van der Waals surface area (Å²) in [7, 11) is 0. The highest BCUT2D eigenvalue weighted by Gasteiger charge is 2.30. The zero-order valence-electron chi connectivity index (χ0n) is 16.3. The Labute approximate surface area is 168 Å². The molecule has 0 atom stereocenters. The number of benzene rings is 1. The molecular weight excluding hydrogens is 379 g/mol. The lowest BCUT2D eigenvalue weighted by Crippen LogP contribution is -2.23. The molecule has 2 aromatic heterocycles. The SMILES string of the molecule is Cc1cccc(CN(Cc2ccc(OC(F)(F)F)cc2)Cc2cccc(C)n2)n1. The summed E-state index contributed by atoms with van der Waals surface area (Å²) >= 11 is 0. The van der Waals surface area contributed by atoms with E-state index in [1.165, 1.54) is 12.1 Å². The second-order valence-corrected chi connectivity index (χ2v) is 6.88. The summed E-state index contributed by atoms with van der Waals surface area (Å²) in [5.74, 6) is -0.228. The molecular formula is C22H22F3N3O. The van der Waals surface area contributed by atoms with E-state index in [0.717, 1.165) is 28.3 Å². The van der Waals surface area contributed by atoms with E-state index in [-0.39, 0.29) is 5.75 Å². The van der Waals surface area contributed by atoms with Crippen LogP contribution in [0.4, 0.5) is 13.2 Å². The predicted octanol–water partition coefficient (Wildman–Crippen LogP) is 5.19. The average molecular weight is 401 g/mol. The molecule has 3 aromatic rings. The van der Waals surface area contributed by atoms with Gasteiger partial charge in [-0.15, -0.1) is 13.2 Å². The molecule has 0 aliphatic carbocycles. The van der Waals surface area contributed by atoms with Crippen LogP contribution in [0, 0.1) is 13.8 Å². The quantitative estimate of drug-likeness (QED) is 0.546. The van der Waals surface area contributed by atoms with Crippen molar-refractivity contribution in [2.75, 3.05) is 0 Å². The van der Waals surface area contributed by atoms with Crippen LogP contribution in [-0.2, 0) is 19.6 Å². The fraction of sp³-hybridized carbons (Fsp3) is 0.273. The molecule has 0 saturated heterocycles. The molecule has 4 nitrogen and oxygen atoms in total. The van der Waals surface area contributed by atoms with E-state index in [0.29, 0.717) is 19.6 Å². The Morgan fingerprint density at radius 3 is 1.72 bits per heavy atom. The van der Waals surface area contributed by atoms with Crippen LogP contribution in [0.1, 0.15) is 28.3 Å². The van der Waals surface area contributed by atoms with Gasteiger partial charge in [0.1, 0.15) is 5.75 Å². The molecule has 0 bridgehead atoms. The van der Waals surface area contributed by atoms with Gasteiger partial charge in [-0.1, -0.05) is 24.3 Å². The van der Waals surface area contributed by atoms with Crippen LogP contribution in [0.5, 0.6) is 5.75 Å². The number of alkyl halides is 3. The first-order chi connectivity index (χ1) is 13.8. The van der Waals surface area contributed by atoms with Gasteiger partial charge in [0, 0.05) is 31.0 Å². The first-order valence-corrected chi connectivity index (χ1v) is 9.19. The Morgan fingerprint density at radius 2 is 1.28 bits per heavy atom. The fourth-order valence-electron chi connectivity index (χ4n) is 3.06. The summed E-state index contributed by atoms with van der Waals surface area (Å²) in [6.45, 7) is 5.61. The maximum absolute atomic E-state index is 12.4. The predicted molar refractivity (Wildman–Crippen MR) is 104 cm³/mol. The smallest absolute Gasteiger partial charge is 0.406 e. The zero-order chi connectivity index (χ0) is 20.9. The van der Waals surface area contributed by atoms with Crippen molar-refractivity contribution in [1.29, 1.82) is 0 Å². The normalized spacial score (nSPS) is 11.7. The van der Waals surface area contributed by atoms with Crippen LogP contribution in [-0.4, -0.2) is 21.2 Å². The van der Waals surface area contributed by atoms with E-state index >= 15 is 0 Å². The van der Waals surface area contributed by atoms with Gasteiger partial charge in [0.25, 0.3) is 0 Å². The number of rotatable bonds is 7. The van der Waals surface area contributed by atoms with E-state index in [4.69, 9.17) is 0 Å². The Bertz CT molecular complexity index is 895. The lowest BCUT2D eigenvalue weighted by Gasteiger charge is -2.22. The van der Waals surface area contributed by atoms with E-state index in [9.17, 15) is 13.2 Å². The van der Waals surface area contributed by atoms with Crippen molar-refractivity contribution in [2.24, 2.45) is 0 Å². The number of aryl methyl sites for hydroxylation is 2. The fourth-order valence-corrected chi connectivity index (χ4v) is 3.06. The molecule has 0 amide bonds. The summed E-state index contributed by atoms with van der Waals surface area (Å²) in [5, 5.41) is 0. The Kier molecular flexibility index (Phi) is 6.49. The molecule has 0 aliphatic heterocycles. The summed E-state index contributed by atoms with van der Waals surface area (Å²) in [5.41, 5.74) is 4.60. The molecule has 0 fully saturated rings. The van der Waals surface area contributed by atoms with Gasteiger partial charge in [-0.05, 0) is 55.8 Å². The van der Waals surface area contributed by atoms with Gasteiger partial charge < -0.3 is 4.74 Å². The lowest BCUT2D eigenvalue weighted by molar-refractivity contribution is -0.274. The number of ether oxygens (including phenoxy) is 1. The standard InChI is InChI=1S/C22H22F3N3O/c1-16-5-3-7-19(26-16)14-28(15-20-8-4-6-17(2)27-20)13-18-9-11-21(12-10-18)29-22(23,24)25/h3-12H,13-15H2,1-2H3. The van der Waals surface area contributed by atoms with Crippen LogP contribution in [0.25, 0.3) is 0 Å². The van der Waals surface area contributed by atoms with Crippen molar-refractivity contribution >= 4 is 0 Å². The van der Waals surface area contributed by atoms with E-state index in [1.807, 2.05) is 50.2 Å². The highest BCUT2D eigenvalue weighted by atomic mass is 19.4. The molecule has 0 unspecified atom stereocenters. The van der Waals surface area contributed by atoms with Gasteiger partial charge in [-0.3, -0.25) is 14.9 Å². The largest absolute Gasteiger partial charge is 0.573 e. The van der Waals surface area contributed by atoms with Gasteiger partial charge in [-0.2, -0.15) is 0 Å². The zero-order valence-corrected chi connectivity index (χ0v) is 16.3. The number of halogens is 3. The highest BCUT2D eigenvalue weighted by Crippen LogP contribution is 2.23. The van der Waals surface area contributed by atoms with Crippen molar-refractivity contribution in [2.45, 2.75) is 39.8 Å². The minimum Gasteiger partial charge on any atom is -0.406 e. The first kappa shape index (κ1) is 20.8. The maximum atomic E-state index is 12.4. The first-order valence-electron chi connectivity index (χ1n) is 9.19. The minimum absolute atomic E-state index is 0.228. The molecule has 7 heteroatoms. The second kappa shape index (κ2) is 9.05. The summed E-state index contributed by atoms with van der Waals surface area (Å²) in [4.78, 5) is 11.3. The molecule has 0 spiro atoms. The number of nitrogens with zero attached hydrogens (tertiary/aromatic N) is 3. The van der Waals surface area contributed by atoms with Crippen LogP contribution in [0.3, 0.4) is 0 Å². The molecule has 3 rings (SSSR count). The van der Waals surface area contributed by atoms with Crippen molar-refractivity contribution in [3.05, 3.63) is 89.0 Å².